The van der Waals surface area contributed by atoms with E-state index in [-0.39, 0.29) is 17.0 Å². The monoisotopic (exact) mass is 1770 g/mol. The number of allylic oxidation sites excluding steroid dienone is 2. The molecule has 12 aliphatic heterocycles. The molecule has 18 heterocycles. The quantitative estimate of drug-likeness (QED) is 0.151. The van der Waals surface area contributed by atoms with Crippen molar-refractivity contribution in [3.63, 3.8) is 0 Å². The third-order valence-corrected chi connectivity index (χ3v) is 33.7. The van der Waals surface area contributed by atoms with Gasteiger partial charge >= 0.3 is 5.90 Å². The fraction of sp³-hybridized carbons (Fsp3) is 0.0756. The number of para-hydroxylation sites is 3. The zero-order valence-corrected chi connectivity index (χ0v) is 74.9. The minimum absolute atomic E-state index is 0.0728. The average Bonchev–Trinajstić information content (AvgIpc) is 1.49. The van der Waals surface area contributed by atoms with Crippen LogP contribution >= 0.6 is 23.5 Å². The first-order valence-electron chi connectivity index (χ1n) is 46.3. The predicted octanol–water partition coefficient (Wildman–Crippen LogP) is 25.6. The molecule has 0 bridgehead atoms. The number of fused-ring (bicyclic) bond motifs is 20. The Morgan fingerprint density at radius 1 is 0.274 bits per heavy atom. The Morgan fingerprint density at radius 2 is 0.630 bits per heavy atom. The molecule has 21 aromatic rings. The Morgan fingerprint density at radius 3 is 1.12 bits per heavy atom. The van der Waals surface area contributed by atoms with Crippen molar-refractivity contribution >= 4 is 122 Å². The van der Waals surface area contributed by atoms with Gasteiger partial charge in [-0.3, -0.25) is 0 Å². The van der Waals surface area contributed by atoms with Gasteiger partial charge in [0.25, 0.3) is 23.5 Å². The third kappa shape index (κ3) is 9.23. The van der Waals surface area contributed by atoms with Gasteiger partial charge < -0.3 is 28.7 Å². The van der Waals surface area contributed by atoms with Crippen molar-refractivity contribution in [3.05, 3.63) is 462 Å². The summed E-state index contributed by atoms with van der Waals surface area (Å²) in [5.74, 6) is 8.62. The molecule has 33 rings (SSSR count). The summed E-state index contributed by atoms with van der Waals surface area (Å²) in [5, 5.41) is 9.99. The SMILES string of the molecule is CC1=C(c2ccc(-c3ccccc3)cc2)SC2N1c1cccc3c1C21c2c(ccc4c5ccccc5n(c24)-c2cccc[n+]21)O3.CC1=C(c2ccc(-c3ccccc3)cc2)SC2N1c1cccc3c1C21c2c(cccc2-n2c4ccccc4c4ccc[n+]1c42)O3.C[N+]1=C(c2ccc(-c3ccccc3)cc2)OC2N1c1cccc3c1C21c2c(ccc4c5ccccc5n(c24)-c2cccc[n+]21)O3. The van der Waals surface area contributed by atoms with E-state index in [2.05, 4.69) is 462 Å². The smallest absolute Gasteiger partial charge is 0.401 e. The highest BCUT2D eigenvalue weighted by atomic mass is 32.2. The van der Waals surface area contributed by atoms with Crippen molar-refractivity contribution < 1.29 is 37.3 Å². The van der Waals surface area contributed by atoms with Crippen LogP contribution in [-0.2, 0) is 21.4 Å². The molecule has 6 aromatic heterocycles. The molecule has 6 unspecified atom stereocenters. The minimum atomic E-state index is -0.694. The Kier molecular flexibility index (Phi) is 14.7. The van der Waals surface area contributed by atoms with Crippen LogP contribution in [0.25, 0.3) is 126 Å². The molecule has 15 aromatic carbocycles. The molecular weight excluding hydrogens is 1700 g/mol. The van der Waals surface area contributed by atoms with Crippen molar-refractivity contribution in [2.45, 2.75) is 47.4 Å². The average molecular weight is 1780 g/mol. The summed E-state index contributed by atoms with van der Waals surface area (Å²) in [5.41, 5.74) is 31.1. The Labute approximate surface area is 784 Å². The third-order valence-electron chi connectivity index (χ3n) is 30.6. The van der Waals surface area contributed by atoms with Crippen LogP contribution in [0.1, 0.15) is 63.9 Å². The fourth-order valence-electron chi connectivity index (χ4n) is 25.4. The van der Waals surface area contributed by atoms with Gasteiger partial charge in [-0.05, 0) is 204 Å². The van der Waals surface area contributed by atoms with Crippen LogP contribution in [0.5, 0.6) is 34.5 Å². The summed E-state index contributed by atoms with van der Waals surface area (Å²) >= 11 is 3.98. The van der Waals surface area contributed by atoms with Crippen LogP contribution in [0.3, 0.4) is 0 Å². The standard InChI is InChI=1S/2C40H26N3OS.C39H26N4O2/c1-24-37(27-21-19-26(20-22-27)25-10-3-2-4-11-25)45-39-40-35-31(42(24)39)15-7-17-33(35)44-34-18-8-16-32(36(34)40)43-30-14-6-5-12-28(30)29-13-9-23-41(40)38(29)43;1-24-38(27-19-17-26(18-20-27)25-10-3-2-4-11-25)45-39-40-35-31(42(24)39)14-9-15-32(35)44-33-22-21-29-28-12-5-6-13-30(28)43(37(29)36(33)40)34-16-7-8-23-41(34)40;1-40-37(26-19-17-25(18-20-26)24-10-3-2-4-11-24)45-38-39-34-30(43(38)40)14-9-15-31(34)44-32-22-21-28-27-12-5-6-13-29(27)42(36(28)35(32)39)33-16-7-8-23-41(33)39/h2*2-23,39H,1H3;2-23,38H,1H3/q2*+1;+2. The van der Waals surface area contributed by atoms with Gasteiger partial charge in [0.05, 0.1) is 68.7 Å². The second-order valence-electron chi connectivity index (χ2n) is 36.9. The van der Waals surface area contributed by atoms with Crippen molar-refractivity contribution in [3.8, 4) is 85.2 Å². The van der Waals surface area contributed by atoms with E-state index in [9.17, 15) is 0 Å². The lowest BCUT2D eigenvalue weighted by molar-refractivity contribution is -0.747. The van der Waals surface area contributed by atoms with Crippen LogP contribution in [0.2, 0.25) is 0 Å². The van der Waals surface area contributed by atoms with Gasteiger partial charge in [0, 0.05) is 60.3 Å². The largest absolute Gasteiger partial charge is 0.456 e. The van der Waals surface area contributed by atoms with Crippen molar-refractivity contribution in [2.75, 3.05) is 21.9 Å². The minimum Gasteiger partial charge on any atom is -0.456 e. The molecule has 0 saturated heterocycles. The molecule has 135 heavy (non-hydrogen) atoms. The number of hydrogen-bond acceptors (Lipinski definition) is 9. The van der Waals surface area contributed by atoms with Crippen molar-refractivity contribution in [1.82, 2.24) is 13.7 Å². The van der Waals surface area contributed by atoms with E-state index in [1.54, 1.807) is 0 Å². The zero-order valence-electron chi connectivity index (χ0n) is 73.3. The van der Waals surface area contributed by atoms with E-state index in [1.165, 1.54) is 176 Å². The number of aromatic nitrogens is 6. The number of hydrogen-bond donors (Lipinski definition) is 0. The molecule has 0 saturated carbocycles. The van der Waals surface area contributed by atoms with E-state index < -0.39 is 16.6 Å². The summed E-state index contributed by atoms with van der Waals surface area (Å²) in [6.45, 7) is 4.58. The first-order valence-corrected chi connectivity index (χ1v) is 48.1. The molecule has 0 fully saturated rings. The van der Waals surface area contributed by atoms with Crippen LogP contribution in [0, 0.1) is 0 Å². The molecule has 636 valence electrons. The van der Waals surface area contributed by atoms with Crippen LogP contribution < -0.4 is 42.7 Å². The van der Waals surface area contributed by atoms with E-state index in [4.69, 9.17) is 18.9 Å². The van der Waals surface area contributed by atoms with Crippen molar-refractivity contribution in [2.24, 2.45) is 0 Å². The second-order valence-corrected chi connectivity index (χ2v) is 39.1. The number of rotatable bonds is 6. The molecule has 0 radical (unpaired) electrons. The highest BCUT2D eigenvalue weighted by molar-refractivity contribution is 8.09. The molecule has 3 spiro atoms. The molecule has 14 nitrogen and oxygen atoms in total. The van der Waals surface area contributed by atoms with Gasteiger partial charge in [0.2, 0.25) is 16.6 Å². The molecule has 12 aliphatic rings. The summed E-state index contributed by atoms with van der Waals surface area (Å²) in [7, 11) is 2.10. The van der Waals surface area contributed by atoms with Gasteiger partial charge in [0.15, 0.2) is 18.1 Å². The first kappa shape index (κ1) is 74.3. The lowest BCUT2D eigenvalue weighted by Gasteiger charge is -2.41. The number of ether oxygens (including phenoxy) is 4. The number of hydrazone groups is 1. The predicted molar refractivity (Wildman–Crippen MR) is 537 cm³/mol. The number of hydrazine groups is 1. The van der Waals surface area contributed by atoms with Gasteiger partial charge in [0.1, 0.15) is 78.7 Å². The number of pyridine rings is 3. The number of anilines is 3. The maximum atomic E-state index is 7.25. The Hall–Kier alpha value is -16.4. The van der Waals surface area contributed by atoms with E-state index in [0.29, 0.717) is 0 Å². The Balaban J connectivity index is 0.0000000945. The molecular formula is C119H78N10O4S2+4. The maximum absolute atomic E-state index is 7.25. The van der Waals surface area contributed by atoms with Crippen LogP contribution in [-0.4, -0.2) is 48.3 Å². The summed E-state index contributed by atoms with van der Waals surface area (Å²) in [6, 6.07) is 137. The molecule has 16 heteroatoms. The van der Waals surface area contributed by atoms with Gasteiger partial charge in [-0.1, -0.05) is 253 Å². The lowest BCUT2D eigenvalue weighted by Crippen LogP contribution is -2.68. The summed E-state index contributed by atoms with van der Waals surface area (Å²) < 4.78 is 44.7. The highest BCUT2D eigenvalue weighted by Gasteiger charge is 2.74. The molecule has 6 atom stereocenters. The molecule has 0 aliphatic carbocycles. The van der Waals surface area contributed by atoms with Gasteiger partial charge in [-0.15, -0.1) is 5.01 Å². The summed E-state index contributed by atoms with van der Waals surface area (Å²) in [4.78, 5) is 7.83. The second kappa shape index (κ2) is 26.7. The topological polar surface area (TPSA) is 76.1 Å². The van der Waals surface area contributed by atoms with E-state index >= 15 is 0 Å². The van der Waals surface area contributed by atoms with E-state index in [0.717, 1.165) is 68.6 Å². The highest BCUT2D eigenvalue weighted by Crippen LogP contribution is 2.71. The Bertz CT molecular complexity index is 8470. The van der Waals surface area contributed by atoms with Crippen LogP contribution in [0.4, 0.5) is 17.1 Å². The van der Waals surface area contributed by atoms with Gasteiger partial charge in [-0.25, -0.2) is 13.7 Å². The lowest BCUT2D eigenvalue weighted by atomic mass is 9.77. The van der Waals surface area contributed by atoms with Crippen LogP contribution in [0.15, 0.2) is 412 Å². The number of nitrogens with zero attached hydrogens (tertiary/aromatic N) is 10. The van der Waals surface area contributed by atoms with Gasteiger partial charge in [-0.2, -0.15) is 13.7 Å². The number of benzene rings is 15. The molecule has 0 amide bonds. The number of thioether (sulfide) groups is 2. The first-order chi connectivity index (χ1) is 66.7. The molecule has 0 N–H and O–H groups in total. The maximum Gasteiger partial charge on any atom is 0.401 e. The zero-order chi connectivity index (χ0) is 88.3. The normalized spacial score (nSPS) is 19.9. The summed E-state index contributed by atoms with van der Waals surface area (Å²) in [6.07, 6.45) is 6.41. The van der Waals surface area contributed by atoms with E-state index in [1.807, 2.05) is 29.6 Å². The fourth-order valence-corrected chi connectivity index (χ4v) is 28.8. The van der Waals surface area contributed by atoms with Crippen molar-refractivity contribution in [1.29, 1.82) is 0 Å².